The molecular formula is C11H9BrN4O4S. The van der Waals surface area contributed by atoms with Crippen LogP contribution in [0.25, 0.3) is 0 Å². The summed E-state index contributed by atoms with van der Waals surface area (Å²) in [7, 11) is 0. The topological polar surface area (TPSA) is 128 Å². The van der Waals surface area contributed by atoms with Gasteiger partial charge in [-0.05, 0) is 28.1 Å². The lowest BCUT2D eigenvalue weighted by atomic mass is 10.3. The van der Waals surface area contributed by atoms with Crippen molar-refractivity contribution in [2.45, 2.75) is 0 Å². The molecule has 1 aliphatic rings. The number of hydrogen-bond donors (Lipinski definition) is 3. The molecule has 0 aromatic carbocycles. The van der Waals surface area contributed by atoms with Gasteiger partial charge < -0.3 is 9.52 Å². The molecule has 10 heteroatoms. The minimum atomic E-state index is -0.780. The number of amides is 2. The number of nitrogens with one attached hydrogen (secondary N) is 2. The van der Waals surface area contributed by atoms with E-state index in [4.69, 9.17) is 14.9 Å². The van der Waals surface area contributed by atoms with E-state index in [-0.39, 0.29) is 23.2 Å². The summed E-state index contributed by atoms with van der Waals surface area (Å²) in [6.07, 6.45) is 0. The summed E-state index contributed by atoms with van der Waals surface area (Å²) in [5.41, 5.74) is -0.388. The zero-order chi connectivity index (χ0) is 15.4. The van der Waals surface area contributed by atoms with Crippen LogP contribution in [0.15, 0.2) is 31.2 Å². The second-order valence-electron chi connectivity index (χ2n) is 3.66. The first-order valence-corrected chi connectivity index (χ1v) is 7.40. The van der Waals surface area contributed by atoms with Crippen molar-refractivity contribution in [3.63, 3.8) is 0 Å². The minimum absolute atomic E-state index is 0.0561. The van der Waals surface area contributed by atoms with E-state index in [1.807, 2.05) is 0 Å². The number of aliphatic hydroxyl groups is 1. The van der Waals surface area contributed by atoms with E-state index in [9.17, 15) is 9.59 Å². The number of aliphatic hydroxyl groups excluding tert-OH is 1. The SMILES string of the molecule is N=C1N=C(SCCO)NC(=O)C1=NC(=O)c1ccc(Br)o1. The molecule has 0 aliphatic carbocycles. The van der Waals surface area contributed by atoms with Crippen LogP contribution in [-0.2, 0) is 4.79 Å². The number of carbonyl (C=O) groups excluding carboxylic acids is 2. The summed E-state index contributed by atoms with van der Waals surface area (Å²) in [6, 6.07) is 2.91. The van der Waals surface area contributed by atoms with Gasteiger partial charge in [0.05, 0.1) is 6.61 Å². The third-order valence-corrected chi connectivity index (χ3v) is 3.48. The first kappa shape index (κ1) is 15.6. The lowest BCUT2D eigenvalue weighted by molar-refractivity contribution is -0.113. The predicted molar refractivity (Wildman–Crippen MR) is 81.0 cm³/mol. The van der Waals surface area contributed by atoms with Crippen LogP contribution in [0.2, 0.25) is 0 Å². The number of carbonyl (C=O) groups is 2. The van der Waals surface area contributed by atoms with Gasteiger partial charge in [-0.1, -0.05) is 11.8 Å². The molecule has 0 radical (unpaired) electrons. The van der Waals surface area contributed by atoms with Crippen molar-refractivity contribution in [2.75, 3.05) is 12.4 Å². The summed E-state index contributed by atoms with van der Waals surface area (Å²) in [4.78, 5) is 31.0. The van der Waals surface area contributed by atoms with Crippen LogP contribution in [0, 0.1) is 5.41 Å². The van der Waals surface area contributed by atoms with Gasteiger partial charge in [-0.3, -0.25) is 20.3 Å². The fourth-order valence-electron chi connectivity index (χ4n) is 1.35. The normalized spacial score (nSPS) is 16.9. The van der Waals surface area contributed by atoms with Gasteiger partial charge in [-0.2, -0.15) is 4.99 Å². The maximum absolute atomic E-state index is 11.8. The fraction of sp³-hybridized carbons (Fsp3) is 0.182. The molecule has 1 aliphatic heterocycles. The Labute approximate surface area is 131 Å². The van der Waals surface area contributed by atoms with E-state index in [1.54, 1.807) is 0 Å². The number of thioether (sulfide) groups is 1. The van der Waals surface area contributed by atoms with Crippen molar-refractivity contribution in [1.82, 2.24) is 5.32 Å². The van der Waals surface area contributed by atoms with Crippen LogP contribution in [0.3, 0.4) is 0 Å². The summed E-state index contributed by atoms with van der Waals surface area (Å²) in [6.45, 7) is -0.0836. The highest BCUT2D eigenvalue weighted by Gasteiger charge is 2.26. The highest BCUT2D eigenvalue weighted by molar-refractivity contribution is 9.10. The van der Waals surface area contributed by atoms with Crippen molar-refractivity contribution in [1.29, 1.82) is 5.41 Å². The third-order valence-electron chi connectivity index (χ3n) is 2.20. The van der Waals surface area contributed by atoms with Gasteiger partial charge in [-0.25, -0.2) is 4.99 Å². The Morgan fingerprint density at radius 3 is 2.90 bits per heavy atom. The van der Waals surface area contributed by atoms with E-state index in [1.165, 1.54) is 12.1 Å². The summed E-state index contributed by atoms with van der Waals surface area (Å²) in [5.74, 6) is -1.62. The molecular weight excluding hydrogens is 364 g/mol. The van der Waals surface area contributed by atoms with Crippen LogP contribution in [0.1, 0.15) is 10.6 Å². The van der Waals surface area contributed by atoms with Crippen molar-refractivity contribution in [2.24, 2.45) is 9.98 Å². The molecule has 1 aromatic rings. The van der Waals surface area contributed by atoms with Crippen molar-refractivity contribution >= 4 is 56.2 Å². The molecule has 8 nitrogen and oxygen atoms in total. The smallest absolute Gasteiger partial charge is 0.313 e. The highest BCUT2D eigenvalue weighted by Crippen LogP contribution is 2.15. The molecule has 21 heavy (non-hydrogen) atoms. The Morgan fingerprint density at radius 1 is 1.57 bits per heavy atom. The van der Waals surface area contributed by atoms with Gasteiger partial charge in [0, 0.05) is 5.75 Å². The lowest BCUT2D eigenvalue weighted by Gasteiger charge is -2.14. The van der Waals surface area contributed by atoms with E-state index >= 15 is 0 Å². The Balaban J connectivity index is 2.18. The van der Waals surface area contributed by atoms with E-state index in [0.717, 1.165) is 11.8 Å². The molecule has 1 aromatic heterocycles. The van der Waals surface area contributed by atoms with Crippen LogP contribution < -0.4 is 5.32 Å². The average Bonchev–Trinajstić information content (AvgIpc) is 2.87. The molecule has 2 rings (SSSR count). The molecule has 0 unspecified atom stereocenters. The van der Waals surface area contributed by atoms with Gasteiger partial charge >= 0.3 is 5.91 Å². The summed E-state index contributed by atoms with van der Waals surface area (Å²) < 4.78 is 5.38. The van der Waals surface area contributed by atoms with Gasteiger partial charge in [0.2, 0.25) is 0 Å². The lowest BCUT2D eigenvalue weighted by Crippen LogP contribution is -2.43. The minimum Gasteiger partial charge on any atom is -0.444 e. The van der Waals surface area contributed by atoms with Gasteiger partial charge in [0.25, 0.3) is 5.91 Å². The number of furan rings is 1. The molecule has 0 atom stereocenters. The Kier molecular flexibility index (Phi) is 5.04. The van der Waals surface area contributed by atoms with Crippen molar-refractivity contribution in [3.8, 4) is 0 Å². The molecule has 0 saturated carbocycles. The largest absolute Gasteiger partial charge is 0.444 e. The van der Waals surface area contributed by atoms with E-state index < -0.39 is 17.6 Å². The van der Waals surface area contributed by atoms with Crippen LogP contribution in [-0.4, -0.2) is 46.0 Å². The highest BCUT2D eigenvalue weighted by atomic mass is 79.9. The zero-order valence-electron chi connectivity index (χ0n) is 10.4. The maximum Gasteiger partial charge on any atom is 0.313 e. The fourth-order valence-corrected chi connectivity index (χ4v) is 2.26. The Hall–Kier alpha value is -1.78. The van der Waals surface area contributed by atoms with Gasteiger partial charge in [0.1, 0.15) is 0 Å². The number of hydrogen-bond acceptors (Lipinski definition) is 6. The monoisotopic (exact) mass is 372 g/mol. The Morgan fingerprint density at radius 2 is 2.33 bits per heavy atom. The van der Waals surface area contributed by atoms with Gasteiger partial charge in [0.15, 0.2) is 27.1 Å². The van der Waals surface area contributed by atoms with E-state index in [2.05, 4.69) is 31.2 Å². The second-order valence-corrected chi connectivity index (χ2v) is 5.53. The van der Waals surface area contributed by atoms with Crippen molar-refractivity contribution < 1.29 is 19.1 Å². The summed E-state index contributed by atoms with van der Waals surface area (Å²) >= 11 is 4.14. The molecule has 3 N–H and O–H groups in total. The first-order valence-electron chi connectivity index (χ1n) is 5.62. The standard InChI is InChI=1S/C11H9BrN4O4S/c12-6-2-1-5(20-6)9(18)14-7-8(13)15-11(16-10(7)19)21-4-3-17/h1-2,17H,3-4H2,(H2,13,15,16,19). The molecule has 2 heterocycles. The first-order chi connectivity index (χ1) is 10.0. The van der Waals surface area contributed by atoms with Crippen LogP contribution >= 0.6 is 27.7 Å². The quantitative estimate of drug-likeness (QED) is 0.723. The van der Waals surface area contributed by atoms with E-state index in [0.29, 0.717) is 10.4 Å². The van der Waals surface area contributed by atoms with Crippen LogP contribution in [0.4, 0.5) is 0 Å². The molecule has 0 bridgehead atoms. The summed E-state index contributed by atoms with van der Waals surface area (Å²) in [5, 5.41) is 18.9. The Bertz CT molecular complexity index is 667. The number of rotatable bonds is 3. The molecule has 110 valence electrons. The number of halogens is 1. The molecule has 0 fully saturated rings. The second kappa shape index (κ2) is 6.78. The van der Waals surface area contributed by atoms with Crippen LogP contribution in [0.5, 0.6) is 0 Å². The molecule has 0 saturated heterocycles. The average molecular weight is 373 g/mol. The third kappa shape index (κ3) is 3.86. The van der Waals surface area contributed by atoms with Gasteiger partial charge in [-0.15, -0.1) is 0 Å². The molecule has 2 amide bonds. The predicted octanol–water partition coefficient (Wildman–Crippen LogP) is 0.812. The van der Waals surface area contributed by atoms with Crippen molar-refractivity contribution in [3.05, 3.63) is 22.6 Å². The number of amidine groups is 2. The molecule has 0 spiro atoms. The zero-order valence-corrected chi connectivity index (χ0v) is 12.8. The number of aliphatic imine (C=N–C) groups is 2. The maximum atomic E-state index is 11.8. The number of nitrogens with zero attached hydrogens (tertiary/aromatic N) is 2.